The Hall–Kier alpha value is -3.72. The van der Waals surface area contributed by atoms with Gasteiger partial charge in [0.05, 0.1) is 0 Å². The van der Waals surface area contributed by atoms with Crippen molar-refractivity contribution >= 4 is 17.7 Å². The normalized spacial score (nSPS) is 15.2. The zero-order chi connectivity index (χ0) is 27.6. The Morgan fingerprint density at radius 3 is 2.67 bits per heavy atom. The highest BCUT2D eigenvalue weighted by Gasteiger charge is 2.25. The lowest BCUT2D eigenvalue weighted by Gasteiger charge is -2.24. The largest absolute Gasteiger partial charge is 0.492 e. The number of carbonyl (C=O) groups is 1. The summed E-state index contributed by atoms with van der Waals surface area (Å²) in [7, 11) is 0. The fourth-order valence-corrected chi connectivity index (χ4v) is 5.06. The van der Waals surface area contributed by atoms with Crippen LogP contribution in [0.15, 0.2) is 54.9 Å². The molecule has 40 heavy (non-hydrogen) atoms. The number of hydrogen-bond acceptors (Lipinski definition) is 8. The Morgan fingerprint density at radius 1 is 1.07 bits per heavy atom. The van der Waals surface area contributed by atoms with Crippen LogP contribution in [0.25, 0.3) is 0 Å². The molecule has 0 saturated heterocycles. The Labute approximate surface area is 236 Å². The molecule has 3 aromatic rings. The Morgan fingerprint density at radius 2 is 1.90 bits per heavy atom. The Bertz CT molecular complexity index is 1220. The van der Waals surface area contributed by atoms with Crippen LogP contribution in [-0.2, 0) is 17.6 Å². The predicted octanol–water partition coefficient (Wildman–Crippen LogP) is 4.77. The topological polar surface area (TPSA) is 112 Å². The van der Waals surface area contributed by atoms with Gasteiger partial charge < -0.3 is 20.5 Å². The van der Waals surface area contributed by atoms with Gasteiger partial charge in [0.15, 0.2) is 0 Å². The zero-order valence-electron chi connectivity index (χ0n) is 23.1. The highest BCUT2D eigenvalue weighted by Crippen LogP contribution is 2.39. The molecule has 1 aromatic carbocycles. The van der Waals surface area contributed by atoms with Crippen LogP contribution in [0.3, 0.4) is 0 Å². The van der Waals surface area contributed by atoms with Crippen molar-refractivity contribution in [3.63, 3.8) is 0 Å². The molecule has 0 radical (unpaired) electrons. The van der Waals surface area contributed by atoms with E-state index in [0.717, 1.165) is 74.6 Å². The minimum Gasteiger partial charge on any atom is -0.492 e. The maximum absolute atomic E-state index is 12.0. The Balaban J connectivity index is 1.12. The number of carboxylic acid groups (broad SMARTS) is 1. The molecule has 0 bridgehead atoms. The number of fused-ring (bicyclic) bond motifs is 1. The molecule has 1 fully saturated rings. The van der Waals surface area contributed by atoms with Crippen molar-refractivity contribution in [1.29, 1.82) is 0 Å². The monoisotopic (exact) mass is 544 g/mol. The molecule has 1 aliphatic heterocycles. The maximum Gasteiger partial charge on any atom is 0.326 e. The van der Waals surface area contributed by atoms with Crippen LogP contribution in [0.4, 0.5) is 11.8 Å². The summed E-state index contributed by atoms with van der Waals surface area (Å²) < 4.78 is 5.94. The second-order valence-electron chi connectivity index (χ2n) is 10.7. The zero-order valence-corrected chi connectivity index (χ0v) is 23.1. The van der Waals surface area contributed by atoms with Crippen molar-refractivity contribution in [3.05, 3.63) is 71.7 Å². The summed E-state index contributed by atoms with van der Waals surface area (Å²) in [4.78, 5) is 27.9. The third-order valence-corrected chi connectivity index (χ3v) is 7.58. The number of nitrogens with one attached hydrogen (secondary N) is 2. The third-order valence-electron chi connectivity index (χ3n) is 7.58. The number of ether oxygens (including phenoxy) is 1. The number of benzene rings is 1. The van der Waals surface area contributed by atoms with Crippen LogP contribution in [-0.4, -0.2) is 69.8 Å². The average Bonchev–Trinajstić information content (AvgIpc) is 3.83. The highest BCUT2D eigenvalue weighted by molar-refractivity contribution is 5.76. The minimum absolute atomic E-state index is 0.364. The number of para-hydroxylation sites is 1. The summed E-state index contributed by atoms with van der Waals surface area (Å²) in [6.45, 7) is 3.74. The minimum atomic E-state index is -0.901. The van der Waals surface area contributed by atoms with Gasteiger partial charge in [0.1, 0.15) is 24.2 Å². The van der Waals surface area contributed by atoms with E-state index in [1.54, 1.807) is 0 Å². The predicted molar refractivity (Wildman–Crippen MR) is 156 cm³/mol. The molecule has 2 aliphatic rings. The van der Waals surface area contributed by atoms with Gasteiger partial charge >= 0.3 is 5.97 Å². The summed E-state index contributed by atoms with van der Waals surface area (Å²) in [5.41, 5.74) is 3.56. The van der Waals surface area contributed by atoms with Crippen molar-refractivity contribution in [1.82, 2.24) is 19.9 Å². The first-order chi connectivity index (χ1) is 19.6. The van der Waals surface area contributed by atoms with E-state index in [2.05, 4.69) is 37.6 Å². The molecule has 9 heteroatoms. The molecule has 2 aromatic heterocycles. The van der Waals surface area contributed by atoms with Crippen LogP contribution in [0.1, 0.15) is 61.3 Å². The van der Waals surface area contributed by atoms with E-state index in [0.29, 0.717) is 31.4 Å². The van der Waals surface area contributed by atoms with Crippen LogP contribution < -0.4 is 15.4 Å². The van der Waals surface area contributed by atoms with Crippen molar-refractivity contribution in [2.75, 3.05) is 43.4 Å². The van der Waals surface area contributed by atoms with Crippen molar-refractivity contribution in [3.8, 4) is 5.75 Å². The first-order valence-corrected chi connectivity index (χ1v) is 14.6. The molecule has 1 aliphatic carbocycles. The Kier molecular flexibility index (Phi) is 9.79. The van der Waals surface area contributed by atoms with Gasteiger partial charge in [-0.05, 0) is 93.2 Å². The van der Waals surface area contributed by atoms with E-state index >= 15 is 0 Å². The highest BCUT2D eigenvalue weighted by atomic mass is 16.5. The molecule has 9 nitrogen and oxygen atoms in total. The molecule has 3 heterocycles. The molecular formula is C31H40N6O3. The van der Waals surface area contributed by atoms with Gasteiger partial charge in [-0.25, -0.2) is 19.7 Å². The third kappa shape index (κ3) is 8.39. The SMILES string of the molecule is O=C(O)C(CCN(CCCCc1ccc2c(n1)NCCC2)CCOc1ccccc1)Nc1ncc(C2CC2)cn1. The van der Waals surface area contributed by atoms with E-state index in [1.165, 1.54) is 18.4 Å². The van der Waals surface area contributed by atoms with E-state index in [9.17, 15) is 9.90 Å². The molecule has 212 valence electrons. The smallest absolute Gasteiger partial charge is 0.326 e. The lowest BCUT2D eigenvalue weighted by atomic mass is 10.1. The lowest BCUT2D eigenvalue weighted by Crippen LogP contribution is -2.37. The second-order valence-corrected chi connectivity index (χ2v) is 10.7. The fourth-order valence-electron chi connectivity index (χ4n) is 5.06. The number of carboxylic acids is 1. The van der Waals surface area contributed by atoms with Crippen LogP contribution in [0, 0.1) is 0 Å². The van der Waals surface area contributed by atoms with Gasteiger partial charge in [-0.15, -0.1) is 0 Å². The van der Waals surface area contributed by atoms with Crippen LogP contribution in [0.2, 0.25) is 0 Å². The number of unbranched alkanes of at least 4 members (excludes halogenated alkanes) is 1. The molecular weight excluding hydrogens is 504 g/mol. The van der Waals surface area contributed by atoms with Gasteiger partial charge in [0.2, 0.25) is 5.95 Å². The molecule has 0 amide bonds. The summed E-state index contributed by atoms with van der Waals surface area (Å²) in [6, 6.07) is 13.4. The maximum atomic E-state index is 12.0. The van der Waals surface area contributed by atoms with Crippen molar-refractivity contribution < 1.29 is 14.6 Å². The van der Waals surface area contributed by atoms with E-state index in [4.69, 9.17) is 9.72 Å². The number of rotatable bonds is 16. The van der Waals surface area contributed by atoms with Crippen LogP contribution in [0.5, 0.6) is 5.75 Å². The lowest BCUT2D eigenvalue weighted by molar-refractivity contribution is -0.138. The summed E-state index contributed by atoms with van der Waals surface area (Å²) in [5.74, 6) is 1.91. The summed E-state index contributed by atoms with van der Waals surface area (Å²) >= 11 is 0. The molecule has 1 unspecified atom stereocenters. The summed E-state index contributed by atoms with van der Waals surface area (Å²) in [6.07, 6.45) is 11.6. The van der Waals surface area contributed by atoms with Gasteiger partial charge in [-0.1, -0.05) is 24.3 Å². The van der Waals surface area contributed by atoms with Crippen LogP contribution >= 0.6 is 0 Å². The fraction of sp³-hybridized carbons (Fsp3) is 0.484. The van der Waals surface area contributed by atoms with Crippen molar-refractivity contribution in [2.45, 2.75) is 63.3 Å². The quantitative estimate of drug-likeness (QED) is 0.220. The number of hydrogen-bond donors (Lipinski definition) is 3. The number of aromatic nitrogens is 3. The van der Waals surface area contributed by atoms with Gasteiger partial charge in [-0.2, -0.15) is 0 Å². The van der Waals surface area contributed by atoms with Gasteiger partial charge in [-0.3, -0.25) is 4.90 Å². The standard InChI is InChI=1S/C31H40N6O3/c38-30(39)28(36-31-33-21-25(22-34-31)23-11-12-23)15-18-37(19-20-40-27-9-2-1-3-10-27)17-5-4-8-26-14-13-24-7-6-16-32-29(24)35-26/h1-3,9-10,13-14,21-23,28H,4-8,11-12,15-20H2,(H,32,35)(H,38,39)(H,33,34,36). The molecule has 3 N–H and O–H groups in total. The molecule has 1 atom stereocenters. The van der Waals surface area contributed by atoms with Crippen molar-refractivity contribution in [2.24, 2.45) is 0 Å². The average molecular weight is 545 g/mol. The van der Waals surface area contributed by atoms with E-state index in [-0.39, 0.29) is 0 Å². The van der Waals surface area contributed by atoms with E-state index < -0.39 is 12.0 Å². The molecule has 5 rings (SSSR count). The first kappa shape index (κ1) is 27.8. The first-order valence-electron chi connectivity index (χ1n) is 14.6. The number of pyridine rings is 1. The molecule has 1 saturated carbocycles. The van der Waals surface area contributed by atoms with E-state index in [1.807, 2.05) is 42.7 Å². The number of anilines is 2. The summed E-state index contributed by atoms with van der Waals surface area (Å²) in [5, 5.41) is 16.3. The van der Waals surface area contributed by atoms with Gasteiger partial charge in [0, 0.05) is 37.7 Å². The number of aryl methyl sites for hydroxylation is 2. The number of aliphatic carboxylic acids is 1. The number of nitrogens with zero attached hydrogens (tertiary/aromatic N) is 4. The second kappa shape index (κ2) is 14.1. The van der Waals surface area contributed by atoms with Gasteiger partial charge in [0.25, 0.3) is 0 Å². The molecule has 0 spiro atoms.